The van der Waals surface area contributed by atoms with Crippen LogP contribution in [0.3, 0.4) is 0 Å². The van der Waals surface area contributed by atoms with Crippen LogP contribution in [-0.2, 0) is 4.79 Å². The standard InChI is InChI=1S/C21H20ClN3O3S/c1-3-23-18(26)12-28-17-10-6-15(7-11-17)20(27)25-21-24-19(13(2)29-21)14-4-8-16(22)9-5-14/h4-11H,3,12H2,1-2H3,(H,23,26)(H,24,25,27). The molecule has 0 aliphatic carbocycles. The van der Waals surface area contributed by atoms with Crippen molar-refractivity contribution in [2.75, 3.05) is 18.5 Å². The van der Waals surface area contributed by atoms with Crippen LogP contribution < -0.4 is 15.4 Å². The number of aromatic nitrogens is 1. The van der Waals surface area contributed by atoms with Crippen molar-refractivity contribution in [1.82, 2.24) is 10.3 Å². The normalized spacial score (nSPS) is 10.4. The zero-order valence-electron chi connectivity index (χ0n) is 16.0. The van der Waals surface area contributed by atoms with Crippen LogP contribution in [0.4, 0.5) is 5.13 Å². The van der Waals surface area contributed by atoms with E-state index in [1.165, 1.54) is 11.3 Å². The molecule has 1 heterocycles. The number of hydrogen-bond acceptors (Lipinski definition) is 5. The van der Waals surface area contributed by atoms with Crippen LogP contribution in [0.1, 0.15) is 22.2 Å². The highest BCUT2D eigenvalue weighted by molar-refractivity contribution is 7.16. The second kappa shape index (κ2) is 9.54. The molecule has 0 aliphatic heterocycles. The van der Waals surface area contributed by atoms with Crippen molar-refractivity contribution in [2.24, 2.45) is 0 Å². The summed E-state index contributed by atoms with van der Waals surface area (Å²) in [5, 5.41) is 6.66. The number of benzene rings is 2. The maximum absolute atomic E-state index is 12.5. The van der Waals surface area contributed by atoms with Gasteiger partial charge in [-0.1, -0.05) is 23.7 Å². The smallest absolute Gasteiger partial charge is 0.257 e. The Balaban J connectivity index is 1.64. The SMILES string of the molecule is CCNC(=O)COc1ccc(C(=O)Nc2nc(-c3ccc(Cl)cc3)c(C)s2)cc1. The number of amides is 2. The first-order valence-electron chi connectivity index (χ1n) is 9.00. The monoisotopic (exact) mass is 429 g/mol. The van der Waals surface area contributed by atoms with Gasteiger partial charge in [0.2, 0.25) is 0 Å². The summed E-state index contributed by atoms with van der Waals surface area (Å²) >= 11 is 7.35. The molecule has 0 aliphatic rings. The Bertz CT molecular complexity index is 1000. The number of likely N-dealkylation sites (N-methyl/N-ethyl adjacent to an activating group) is 1. The van der Waals surface area contributed by atoms with Crippen molar-refractivity contribution >= 4 is 39.9 Å². The van der Waals surface area contributed by atoms with Crippen molar-refractivity contribution in [1.29, 1.82) is 0 Å². The summed E-state index contributed by atoms with van der Waals surface area (Å²) in [6.45, 7) is 4.29. The third-order valence-electron chi connectivity index (χ3n) is 4.00. The molecule has 0 bridgehead atoms. The maximum atomic E-state index is 12.5. The number of aryl methyl sites for hydroxylation is 1. The van der Waals surface area contributed by atoms with Gasteiger partial charge in [0, 0.05) is 27.6 Å². The lowest BCUT2D eigenvalue weighted by molar-refractivity contribution is -0.122. The van der Waals surface area contributed by atoms with Gasteiger partial charge in [-0.3, -0.25) is 14.9 Å². The number of anilines is 1. The molecule has 2 aromatic carbocycles. The average molecular weight is 430 g/mol. The molecule has 0 saturated carbocycles. The number of nitrogens with one attached hydrogen (secondary N) is 2. The highest BCUT2D eigenvalue weighted by atomic mass is 35.5. The van der Waals surface area contributed by atoms with Crippen molar-refractivity contribution in [3.63, 3.8) is 0 Å². The van der Waals surface area contributed by atoms with Crippen LogP contribution >= 0.6 is 22.9 Å². The molecule has 2 N–H and O–H groups in total. The summed E-state index contributed by atoms with van der Waals surface area (Å²) in [5.41, 5.74) is 2.23. The minimum absolute atomic E-state index is 0.0642. The quantitative estimate of drug-likeness (QED) is 0.577. The molecule has 1 aromatic heterocycles. The number of thiazole rings is 1. The highest BCUT2D eigenvalue weighted by Crippen LogP contribution is 2.31. The average Bonchev–Trinajstić information content (AvgIpc) is 3.07. The third kappa shape index (κ3) is 5.56. The molecule has 0 atom stereocenters. The number of nitrogens with zero attached hydrogens (tertiary/aromatic N) is 1. The fraction of sp³-hybridized carbons (Fsp3) is 0.190. The number of carbonyl (C=O) groups is 2. The maximum Gasteiger partial charge on any atom is 0.257 e. The molecule has 0 saturated heterocycles. The summed E-state index contributed by atoms with van der Waals surface area (Å²) in [7, 11) is 0. The van der Waals surface area contributed by atoms with Crippen molar-refractivity contribution in [2.45, 2.75) is 13.8 Å². The van der Waals surface area contributed by atoms with Gasteiger partial charge < -0.3 is 10.1 Å². The lowest BCUT2D eigenvalue weighted by Crippen LogP contribution is -2.28. The zero-order chi connectivity index (χ0) is 20.8. The number of ether oxygens (including phenoxy) is 1. The highest BCUT2D eigenvalue weighted by Gasteiger charge is 2.13. The molecule has 8 heteroatoms. The van der Waals surface area contributed by atoms with Gasteiger partial charge in [-0.05, 0) is 50.2 Å². The Morgan fingerprint density at radius 2 is 1.79 bits per heavy atom. The summed E-state index contributed by atoms with van der Waals surface area (Å²) in [6, 6.07) is 14.0. The Labute approximate surface area is 177 Å². The third-order valence-corrected chi connectivity index (χ3v) is 5.13. The lowest BCUT2D eigenvalue weighted by atomic mass is 10.1. The first kappa shape index (κ1) is 20.8. The van der Waals surface area contributed by atoms with E-state index in [2.05, 4.69) is 15.6 Å². The molecule has 2 amide bonds. The summed E-state index contributed by atoms with van der Waals surface area (Å²) in [4.78, 5) is 29.5. The first-order chi connectivity index (χ1) is 14.0. The Hall–Kier alpha value is -2.90. The van der Waals surface area contributed by atoms with Crippen LogP contribution in [-0.4, -0.2) is 29.9 Å². The topological polar surface area (TPSA) is 80.3 Å². The van der Waals surface area contributed by atoms with Gasteiger partial charge in [0.05, 0.1) is 5.69 Å². The summed E-state index contributed by atoms with van der Waals surface area (Å²) in [5.74, 6) is 0.0598. The van der Waals surface area contributed by atoms with E-state index < -0.39 is 0 Å². The van der Waals surface area contributed by atoms with E-state index in [0.717, 1.165) is 16.1 Å². The molecule has 0 unspecified atom stereocenters. The number of hydrogen-bond donors (Lipinski definition) is 2. The molecule has 3 aromatic rings. The van der Waals surface area contributed by atoms with E-state index in [9.17, 15) is 9.59 Å². The van der Waals surface area contributed by atoms with E-state index in [1.807, 2.05) is 38.1 Å². The number of halogens is 1. The molecule has 0 fully saturated rings. The van der Waals surface area contributed by atoms with E-state index in [0.29, 0.717) is 28.0 Å². The minimum Gasteiger partial charge on any atom is -0.484 e. The molecule has 0 spiro atoms. The molecule has 6 nitrogen and oxygen atoms in total. The first-order valence-corrected chi connectivity index (χ1v) is 10.2. The molecule has 0 radical (unpaired) electrons. The van der Waals surface area contributed by atoms with Gasteiger partial charge in [0.15, 0.2) is 11.7 Å². The van der Waals surface area contributed by atoms with Crippen molar-refractivity contribution in [3.05, 3.63) is 64.0 Å². The Morgan fingerprint density at radius 3 is 2.45 bits per heavy atom. The Kier molecular flexibility index (Phi) is 6.85. The van der Waals surface area contributed by atoms with Crippen LogP contribution in [0.2, 0.25) is 5.02 Å². The molecular formula is C21H20ClN3O3S. The fourth-order valence-electron chi connectivity index (χ4n) is 2.59. The van der Waals surface area contributed by atoms with Crippen molar-refractivity contribution in [3.8, 4) is 17.0 Å². The second-order valence-electron chi connectivity index (χ2n) is 6.15. The molecule has 3 rings (SSSR count). The van der Waals surface area contributed by atoms with Gasteiger partial charge in [0.25, 0.3) is 11.8 Å². The van der Waals surface area contributed by atoms with Gasteiger partial charge in [-0.25, -0.2) is 4.98 Å². The zero-order valence-corrected chi connectivity index (χ0v) is 17.6. The number of carbonyl (C=O) groups excluding carboxylic acids is 2. The van der Waals surface area contributed by atoms with Gasteiger partial charge >= 0.3 is 0 Å². The predicted octanol–water partition coefficient (Wildman–Crippen LogP) is 4.54. The van der Waals surface area contributed by atoms with E-state index in [1.54, 1.807) is 24.3 Å². The minimum atomic E-state index is -0.267. The molecule has 150 valence electrons. The second-order valence-corrected chi connectivity index (χ2v) is 7.79. The van der Waals surface area contributed by atoms with Gasteiger partial charge in [-0.15, -0.1) is 11.3 Å². The predicted molar refractivity (Wildman–Crippen MR) is 116 cm³/mol. The van der Waals surface area contributed by atoms with E-state index in [-0.39, 0.29) is 18.4 Å². The van der Waals surface area contributed by atoms with Crippen molar-refractivity contribution < 1.29 is 14.3 Å². The van der Waals surface area contributed by atoms with E-state index >= 15 is 0 Å². The van der Waals surface area contributed by atoms with E-state index in [4.69, 9.17) is 16.3 Å². The number of rotatable bonds is 7. The largest absolute Gasteiger partial charge is 0.484 e. The van der Waals surface area contributed by atoms with Crippen LogP contribution in [0.15, 0.2) is 48.5 Å². The van der Waals surface area contributed by atoms with Gasteiger partial charge in [0.1, 0.15) is 5.75 Å². The molecular weight excluding hydrogens is 410 g/mol. The van der Waals surface area contributed by atoms with Crippen LogP contribution in [0.5, 0.6) is 5.75 Å². The Morgan fingerprint density at radius 1 is 1.10 bits per heavy atom. The fourth-order valence-corrected chi connectivity index (χ4v) is 3.55. The van der Waals surface area contributed by atoms with Crippen LogP contribution in [0.25, 0.3) is 11.3 Å². The van der Waals surface area contributed by atoms with Crippen LogP contribution in [0, 0.1) is 6.92 Å². The summed E-state index contributed by atoms with van der Waals surface area (Å²) < 4.78 is 5.39. The lowest BCUT2D eigenvalue weighted by Gasteiger charge is -2.07. The van der Waals surface area contributed by atoms with Gasteiger partial charge in [-0.2, -0.15) is 0 Å². The molecule has 29 heavy (non-hydrogen) atoms. The summed E-state index contributed by atoms with van der Waals surface area (Å²) in [6.07, 6.45) is 0.